The summed E-state index contributed by atoms with van der Waals surface area (Å²) in [5, 5.41) is 3.06. The summed E-state index contributed by atoms with van der Waals surface area (Å²) in [6.07, 6.45) is 1.72. The highest BCUT2D eigenvalue weighted by Crippen LogP contribution is 2.34. The van der Waals surface area contributed by atoms with Crippen molar-refractivity contribution >= 4 is 22.4 Å². The molecule has 1 atom stereocenters. The number of halogens is 2. The zero-order valence-electron chi connectivity index (χ0n) is 14.0. The van der Waals surface area contributed by atoms with E-state index in [9.17, 15) is 12.8 Å². The number of nitrogens with zero attached hydrogens (tertiary/aromatic N) is 1. The maximum atomic E-state index is 14.3. The summed E-state index contributed by atoms with van der Waals surface area (Å²) < 4.78 is 51.3. The van der Waals surface area contributed by atoms with Crippen molar-refractivity contribution in [3.63, 3.8) is 0 Å². The van der Waals surface area contributed by atoms with E-state index in [1.54, 1.807) is 0 Å². The number of hydrogen-bond acceptors (Lipinski definition) is 5. The van der Waals surface area contributed by atoms with Crippen LogP contribution >= 0.6 is 12.4 Å². The van der Waals surface area contributed by atoms with Crippen molar-refractivity contribution in [2.45, 2.75) is 17.7 Å². The normalized spacial score (nSPS) is 18.8. The largest absolute Gasteiger partial charge is 0.493 e. The number of hydrogen-bond donors (Lipinski definition) is 1. The predicted molar refractivity (Wildman–Crippen MR) is 92.2 cm³/mol. The second-order valence-electron chi connectivity index (χ2n) is 5.57. The second-order valence-corrected chi connectivity index (χ2v) is 7.47. The molecule has 1 fully saturated rings. The Morgan fingerprint density at radius 1 is 1.29 bits per heavy atom. The van der Waals surface area contributed by atoms with Crippen LogP contribution in [0.4, 0.5) is 4.39 Å². The van der Waals surface area contributed by atoms with Crippen LogP contribution < -0.4 is 14.8 Å². The average molecular weight is 383 g/mol. The molecule has 0 aliphatic carbocycles. The maximum Gasteiger partial charge on any atom is 0.246 e. The molecule has 0 saturated carbocycles. The SMILES string of the molecule is CNCC1CCCN(S(=O)(=O)c2cc(OC)c(OC)cc2F)C1.Cl. The molecule has 1 aromatic rings. The monoisotopic (exact) mass is 382 g/mol. The van der Waals surface area contributed by atoms with Crippen molar-refractivity contribution in [3.05, 3.63) is 17.9 Å². The van der Waals surface area contributed by atoms with Crippen LogP contribution in [-0.4, -0.2) is 53.6 Å². The van der Waals surface area contributed by atoms with E-state index in [-0.39, 0.29) is 34.7 Å². The van der Waals surface area contributed by atoms with E-state index in [2.05, 4.69) is 5.32 Å². The molecule has 0 bridgehead atoms. The Kier molecular flexibility index (Phi) is 7.72. The standard InChI is InChI=1S/C15H23FN2O4S.ClH/c1-17-9-11-5-4-6-18(10-11)23(19,20)15-8-14(22-3)13(21-2)7-12(15)16;/h7-8,11,17H,4-6,9-10H2,1-3H3;1H. The van der Waals surface area contributed by atoms with E-state index in [1.165, 1.54) is 24.6 Å². The number of nitrogens with one attached hydrogen (secondary N) is 1. The third kappa shape index (κ3) is 4.30. The van der Waals surface area contributed by atoms with Crippen molar-refractivity contribution in [1.29, 1.82) is 0 Å². The molecule has 1 unspecified atom stereocenters. The number of ether oxygens (including phenoxy) is 2. The van der Waals surface area contributed by atoms with Gasteiger partial charge in [0.05, 0.1) is 14.2 Å². The quantitative estimate of drug-likeness (QED) is 0.813. The van der Waals surface area contributed by atoms with Gasteiger partial charge in [0.1, 0.15) is 10.7 Å². The number of sulfonamides is 1. The highest BCUT2D eigenvalue weighted by atomic mass is 35.5. The average Bonchev–Trinajstić information content (AvgIpc) is 2.54. The van der Waals surface area contributed by atoms with Gasteiger partial charge in [0.15, 0.2) is 11.5 Å². The van der Waals surface area contributed by atoms with Gasteiger partial charge in [-0.05, 0) is 32.4 Å². The molecule has 0 radical (unpaired) electrons. The van der Waals surface area contributed by atoms with E-state index in [0.29, 0.717) is 13.1 Å². The zero-order chi connectivity index (χ0) is 17.0. The third-order valence-corrected chi connectivity index (χ3v) is 5.91. The first-order valence-electron chi connectivity index (χ1n) is 7.50. The lowest BCUT2D eigenvalue weighted by Gasteiger charge is -2.32. The summed E-state index contributed by atoms with van der Waals surface area (Å²) >= 11 is 0. The van der Waals surface area contributed by atoms with E-state index in [0.717, 1.165) is 25.5 Å². The minimum Gasteiger partial charge on any atom is -0.493 e. The summed E-state index contributed by atoms with van der Waals surface area (Å²) in [6, 6.07) is 2.23. The van der Waals surface area contributed by atoms with Crippen LogP contribution in [0.2, 0.25) is 0 Å². The lowest BCUT2D eigenvalue weighted by molar-refractivity contribution is 0.262. The summed E-state index contributed by atoms with van der Waals surface area (Å²) in [5.74, 6) is -0.253. The summed E-state index contributed by atoms with van der Waals surface area (Å²) in [7, 11) is 0.687. The highest BCUT2D eigenvalue weighted by molar-refractivity contribution is 7.89. The highest BCUT2D eigenvalue weighted by Gasteiger charge is 2.33. The summed E-state index contributed by atoms with van der Waals surface area (Å²) in [5.41, 5.74) is 0. The fourth-order valence-corrected chi connectivity index (χ4v) is 4.49. The lowest BCUT2D eigenvalue weighted by Crippen LogP contribution is -2.42. The van der Waals surface area contributed by atoms with Crippen LogP contribution in [0, 0.1) is 11.7 Å². The van der Waals surface area contributed by atoms with Gasteiger partial charge in [0, 0.05) is 25.2 Å². The molecule has 0 aromatic heterocycles. The van der Waals surface area contributed by atoms with Gasteiger partial charge in [-0.3, -0.25) is 0 Å². The topological polar surface area (TPSA) is 67.9 Å². The first-order chi connectivity index (χ1) is 10.9. The number of methoxy groups -OCH3 is 2. The Labute approximate surface area is 148 Å². The Hall–Kier alpha value is -1.09. The molecule has 6 nitrogen and oxygen atoms in total. The van der Waals surface area contributed by atoms with Crippen molar-refractivity contribution in [3.8, 4) is 11.5 Å². The second kappa shape index (κ2) is 8.84. The summed E-state index contributed by atoms with van der Waals surface area (Å²) in [4.78, 5) is -0.375. The molecule has 1 aromatic carbocycles. The Morgan fingerprint density at radius 2 is 1.92 bits per heavy atom. The Morgan fingerprint density at radius 3 is 2.50 bits per heavy atom. The minimum atomic E-state index is -3.91. The lowest BCUT2D eigenvalue weighted by atomic mass is 10.00. The van der Waals surface area contributed by atoms with Crippen molar-refractivity contribution < 1.29 is 22.3 Å². The molecule has 0 amide bonds. The van der Waals surface area contributed by atoms with E-state index < -0.39 is 15.8 Å². The maximum absolute atomic E-state index is 14.3. The van der Waals surface area contributed by atoms with E-state index in [4.69, 9.17) is 9.47 Å². The van der Waals surface area contributed by atoms with Gasteiger partial charge in [-0.25, -0.2) is 12.8 Å². The molecule has 1 aliphatic heterocycles. The van der Waals surface area contributed by atoms with Crippen molar-refractivity contribution in [2.75, 3.05) is 40.9 Å². The van der Waals surface area contributed by atoms with Crippen LogP contribution in [0.15, 0.2) is 17.0 Å². The van der Waals surface area contributed by atoms with Gasteiger partial charge in [-0.1, -0.05) is 0 Å². The number of benzene rings is 1. The molecule has 1 saturated heterocycles. The molecule has 138 valence electrons. The van der Waals surface area contributed by atoms with E-state index in [1.807, 2.05) is 7.05 Å². The van der Waals surface area contributed by atoms with Gasteiger partial charge in [0.2, 0.25) is 10.0 Å². The molecule has 24 heavy (non-hydrogen) atoms. The Balaban J connectivity index is 0.00000288. The summed E-state index contributed by atoms with van der Waals surface area (Å²) in [6.45, 7) is 1.52. The van der Waals surface area contributed by atoms with Crippen LogP contribution in [0.5, 0.6) is 11.5 Å². The van der Waals surface area contributed by atoms with Crippen molar-refractivity contribution in [2.24, 2.45) is 5.92 Å². The molecule has 9 heteroatoms. The minimum absolute atomic E-state index is 0. The Bertz CT molecular complexity index is 655. The molecule has 1 heterocycles. The molecular weight excluding hydrogens is 359 g/mol. The van der Waals surface area contributed by atoms with E-state index >= 15 is 0 Å². The van der Waals surface area contributed by atoms with Gasteiger partial charge >= 0.3 is 0 Å². The molecular formula is C15H24ClFN2O4S. The van der Waals surface area contributed by atoms with Crippen LogP contribution in [0.1, 0.15) is 12.8 Å². The predicted octanol–water partition coefficient (Wildman–Crippen LogP) is 1.88. The van der Waals surface area contributed by atoms with Gasteiger partial charge in [-0.15, -0.1) is 12.4 Å². The molecule has 1 aliphatic rings. The first kappa shape index (κ1) is 21.0. The third-order valence-electron chi connectivity index (χ3n) is 4.03. The van der Waals surface area contributed by atoms with Gasteiger partial charge < -0.3 is 14.8 Å². The van der Waals surface area contributed by atoms with Gasteiger partial charge in [-0.2, -0.15) is 4.31 Å². The van der Waals surface area contributed by atoms with Gasteiger partial charge in [0.25, 0.3) is 0 Å². The molecule has 1 N–H and O–H groups in total. The first-order valence-corrected chi connectivity index (χ1v) is 8.94. The fraction of sp³-hybridized carbons (Fsp3) is 0.600. The fourth-order valence-electron chi connectivity index (χ4n) is 2.87. The van der Waals surface area contributed by atoms with Crippen LogP contribution in [-0.2, 0) is 10.0 Å². The molecule has 0 spiro atoms. The van der Waals surface area contributed by atoms with Crippen LogP contribution in [0.3, 0.4) is 0 Å². The number of rotatable bonds is 6. The number of piperidine rings is 1. The van der Waals surface area contributed by atoms with Crippen LogP contribution in [0.25, 0.3) is 0 Å². The van der Waals surface area contributed by atoms with Crippen molar-refractivity contribution in [1.82, 2.24) is 9.62 Å². The smallest absolute Gasteiger partial charge is 0.246 e. The zero-order valence-corrected chi connectivity index (χ0v) is 15.7. The molecule has 2 rings (SSSR count).